The summed E-state index contributed by atoms with van der Waals surface area (Å²) in [5, 5.41) is 10.7. The molecule has 34 heavy (non-hydrogen) atoms. The minimum Gasteiger partial charge on any atom is -0.490 e. The SMILES string of the molecule is COc1ccc(C=C2SC(=O)N(CC(=O)N3CCN(c4ccccc4)CC3)C2=O)cc1[N+](=O)[O-]. The topological polar surface area (TPSA) is 113 Å². The molecule has 3 amide bonds. The van der Waals surface area contributed by atoms with Crippen LogP contribution in [-0.2, 0) is 9.59 Å². The summed E-state index contributed by atoms with van der Waals surface area (Å²) in [4.78, 5) is 53.5. The van der Waals surface area contributed by atoms with Gasteiger partial charge >= 0.3 is 5.69 Å². The minimum atomic E-state index is -0.593. The fourth-order valence-corrected chi connectivity index (χ4v) is 4.65. The van der Waals surface area contributed by atoms with Gasteiger partial charge in [0.05, 0.1) is 16.9 Å². The number of nitro benzene ring substituents is 1. The fraction of sp³-hybridized carbons (Fsp3) is 0.261. The molecule has 0 saturated carbocycles. The molecule has 10 nitrogen and oxygen atoms in total. The number of benzene rings is 2. The number of ether oxygens (including phenoxy) is 1. The normalized spacial score (nSPS) is 17.4. The number of nitro groups is 1. The highest BCUT2D eigenvalue weighted by Gasteiger charge is 2.37. The summed E-state index contributed by atoms with van der Waals surface area (Å²) in [5.74, 6) is -0.797. The number of methoxy groups -OCH3 is 1. The van der Waals surface area contributed by atoms with Crippen molar-refractivity contribution in [1.29, 1.82) is 0 Å². The second-order valence-corrected chi connectivity index (χ2v) is 8.65. The average Bonchev–Trinajstić information content (AvgIpc) is 3.11. The fourth-order valence-electron chi connectivity index (χ4n) is 3.82. The number of hydrogen-bond acceptors (Lipinski definition) is 8. The van der Waals surface area contributed by atoms with E-state index in [1.54, 1.807) is 11.0 Å². The largest absolute Gasteiger partial charge is 0.490 e. The second kappa shape index (κ2) is 9.96. The molecule has 2 heterocycles. The highest BCUT2D eigenvalue weighted by atomic mass is 32.2. The lowest BCUT2D eigenvalue weighted by atomic mass is 10.1. The summed E-state index contributed by atoms with van der Waals surface area (Å²) in [7, 11) is 1.33. The molecule has 2 aliphatic rings. The van der Waals surface area contributed by atoms with Gasteiger partial charge in [0.15, 0.2) is 5.75 Å². The zero-order valence-electron chi connectivity index (χ0n) is 18.4. The van der Waals surface area contributed by atoms with E-state index in [1.165, 1.54) is 25.3 Å². The van der Waals surface area contributed by atoms with Crippen molar-refractivity contribution in [3.05, 3.63) is 69.1 Å². The lowest BCUT2D eigenvalue weighted by Crippen LogP contribution is -2.51. The lowest BCUT2D eigenvalue weighted by molar-refractivity contribution is -0.385. The number of anilines is 1. The third-order valence-corrected chi connectivity index (χ3v) is 6.53. The third kappa shape index (κ3) is 4.88. The van der Waals surface area contributed by atoms with E-state index in [9.17, 15) is 24.5 Å². The Hall–Kier alpha value is -3.86. The quantitative estimate of drug-likeness (QED) is 0.351. The summed E-state index contributed by atoms with van der Waals surface area (Å²) >= 11 is 0.706. The van der Waals surface area contributed by atoms with E-state index in [-0.39, 0.29) is 28.8 Å². The number of carbonyl (C=O) groups excluding carboxylic acids is 3. The van der Waals surface area contributed by atoms with Crippen LogP contribution in [0.4, 0.5) is 16.2 Å². The van der Waals surface area contributed by atoms with Crippen LogP contribution in [0.5, 0.6) is 5.75 Å². The maximum Gasteiger partial charge on any atom is 0.311 e. The Kier molecular flexibility index (Phi) is 6.82. The Labute approximate surface area is 199 Å². The predicted octanol–water partition coefficient (Wildman–Crippen LogP) is 2.99. The molecule has 0 atom stereocenters. The Bertz CT molecular complexity index is 1160. The van der Waals surface area contributed by atoms with Gasteiger partial charge in [-0.05, 0) is 41.6 Å². The monoisotopic (exact) mass is 482 g/mol. The van der Waals surface area contributed by atoms with Gasteiger partial charge in [0.25, 0.3) is 11.1 Å². The molecule has 0 bridgehead atoms. The van der Waals surface area contributed by atoms with Gasteiger partial charge < -0.3 is 14.5 Å². The highest BCUT2D eigenvalue weighted by molar-refractivity contribution is 8.18. The minimum absolute atomic E-state index is 0.0909. The molecule has 0 radical (unpaired) electrons. The van der Waals surface area contributed by atoms with Crippen molar-refractivity contribution in [2.75, 3.05) is 44.7 Å². The first-order valence-electron chi connectivity index (χ1n) is 10.5. The van der Waals surface area contributed by atoms with Crippen LogP contribution in [0.1, 0.15) is 5.56 Å². The van der Waals surface area contributed by atoms with E-state index in [2.05, 4.69) is 4.90 Å². The number of rotatable bonds is 6. The lowest BCUT2D eigenvalue weighted by Gasteiger charge is -2.36. The van der Waals surface area contributed by atoms with E-state index in [4.69, 9.17) is 4.74 Å². The van der Waals surface area contributed by atoms with E-state index in [1.807, 2.05) is 30.3 Å². The molecule has 2 saturated heterocycles. The van der Waals surface area contributed by atoms with Crippen LogP contribution in [0, 0.1) is 10.1 Å². The summed E-state index contributed by atoms with van der Waals surface area (Å²) in [5.41, 5.74) is 1.21. The molecule has 2 aliphatic heterocycles. The number of nitrogens with zero attached hydrogens (tertiary/aromatic N) is 4. The molecule has 176 valence electrons. The van der Waals surface area contributed by atoms with Crippen molar-refractivity contribution < 1.29 is 24.0 Å². The van der Waals surface area contributed by atoms with Gasteiger partial charge in [-0.15, -0.1) is 0 Å². The van der Waals surface area contributed by atoms with Crippen molar-refractivity contribution in [2.45, 2.75) is 0 Å². The molecular weight excluding hydrogens is 460 g/mol. The van der Waals surface area contributed by atoms with Gasteiger partial charge in [0, 0.05) is 37.9 Å². The molecule has 0 aliphatic carbocycles. The molecule has 4 rings (SSSR count). The number of thioether (sulfide) groups is 1. The van der Waals surface area contributed by atoms with Gasteiger partial charge in [-0.25, -0.2) is 0 Å². The van der Waals surface area contributed by atoms with Crippen LogP contribution >= 0.6 is 11.8 Å². The predicted molar refractivity (Wildman–Crippen MR) is 128 cm³/mol. The average molecular weight is 483 g/mol. The van der Waals surface area contributed by atoms with Gasteiger partial charge in [-0.3, -0.25) is 29.4 Å². The van der Waals surface area contributed by atoms with E-state index in [0.717, 1.165) is 10.6 Å². The number of imide groups is 1. The molecule has 2 aromatic carbocycles. The number of carbonyl (C=O) groups is 3. The van der Waals surface area contributed by atoms with Gasteiger partial charge in [0.2, 0.25) is 5.91 Å². The molecule has 2 fully saturated rings. The van der Waals surface area contributed by atoms with E-state index in [0.29, 0.717) is 43.5 Å². The van der Waals surface area contributed by atoms with Crippen LogP contribution in [-0.4, -0.2) is 71.6 Å². The van der Waals surface area contributed by atoms with Crippen LogP contribution in [0.2, 0.25) is 0 Å². The molecular formula is C23H22N4O6S. The number of amides is 3. The van der Waals surface area contributed by atoms with Crippen LogP contribution in [0.25, 0.3) is 6.08 Å². The van der Waals surface area contributed by atoms with Crippen molar-refractivity contribution in [3.63, 3.8) is 0 Å². The number of piperazine rings is 1. The zero-order chi connectivity index (χ0) is 24.2. The smallest absolute Gasteiger partial charge is 0.311 e. The van der Waals surface area contributed by atoms with Crippen molar-refractivity contribution in [2.24, 2.45) is 0 Å². The Morgan fingerprint density at radius 1 is 1.12 bits per heavy atom. The zero-order valence-corrected chi connectivity index (χ0v) is 19.2. The van der Waals surface area contributed by atoms with Crippen molar-refractivity contribution in [3.8, 4) is 5.75 Å². The summed E-state index contributed by atoms with van der Waals surface area (Å²) in [6.45, 7) is 1.97. The highest BCUT2D eigenvalue weighted by Crippen LogP contribution is 2.34. The Morgan fingerprint density at radius 3 is 2.47 bits per heavy atom. The Balaban J connectivity index is 1.40. The number of para-hydroxylation sites is 1. The molecule has 0 spiro atoms. The molecule has 11 heteroatoms. The van der Waals surface area contributed by atoms with Crippen molar-refractivity contribution in [1.82, 2.24) is 9.80 Å². The summed E-state index contributed by atoms with van der Waals surface area (Å²) in [6.07, 6.45) is 1.40. The molecule has 0 unspecified atom stereocenters. The first-order valence-corrected chi connectivity index (χ1v) is 11.3. The maximum atomic E-state index is 12.8. The third-order valence-electron chi connectivity index (χ3n) is 5.62. The van der Waals surface area contributed by atoms with Crippen molar-refractivity contribution >= 4 is 46.3 Å². The maximum absolute atomic E-state index is 12.8. The van der Waals surface area contributed by atoms with Crippen LogP contribution in [0.15, 0.2) is 53.4 Å². The first kappa shape index (κ1) is 23.3. The molecule has 0 N–H and O–H groups in total. The Morgan fingerprint density at radius 2 is 1.82 bits per heavy atom. The summed E-state index contributed by atoms with van der Waals surface area (Å²) in [6, 6.07) is 14.1. The summed E-state index contributed by atoms with van der Waals surface area (Å²) < 4.78 is 4.98. The second-order valence-electron chi connectivity index (χ2n) is 7.66. The van der Waals surface area contributed by atoms with E-state index >= 15 is 0 Å². The molecule has 0 aromatic heterocycles. The van der Waals surface area contributed by atoms with E-state index < -0.39 is 16.1 Å². The van der Waals surface area contributed by atoms with Gasteiger partial charge in [0.1, 0.15) is 6.54 Å². The van der Waals surface area contributed by atoms with Crippen LogP contribution in [0.3, 0.4) is 0 Å². The van der Waals surface area contributed by atoms with Gasteiger partial charge in [-0.1, -0.05) is 24.3 Å². The standard InChI is InChI=1S/C23H22N4O6S/c1-33-19-8-7-16(13-18(19)27(31)32)14-20-22(29)26(23(30)34-20)15-21(28)25-11-9-24(10-12-25)17-5-3-2-4-6-17/h2-8,13-14H,9-12,15H2,1H3. The van der Waals surface area contributed by atoms with Gasteiger partial charge in [-0.2, -0.15) is 0 Å². The molecule has 2 aromatic rings. The van der Waals surface area contributed by atoms with Crippen LogP contribution < -0.4 is 9.64 Å². The number of hydrogen-bond donors (Lipinski definition) is 0. The first-order chi connectivity index (χ1) is 16.4.